The summed E-state index contributed by atoms with van der Waals surface area (Å²) in [6.45, 7) is 3.85. The predicted molar refractivity (Wildman–Crippen MR) is 88.4 cm³/mol. The molecule has 0 radical (unpaired) electrons. The normalized spacial score (nSPS) is 11.8. The van der Waals surface area contributed by atoms with Crippen molar-refractivity contribution in [3.8, 4) is 0 Å². The number of nitrogens with one attached hydrogen (secondary N) is 2. The van der Waals surface area contributed by atoms with Gasteiger partial charge in [-0.3, -0.25) is 5.32 Å². The fourth-order valence-corrected chi connectivity index (χ4v) is 1.97. The van der Waals surface area contributed by atoms with Gasteiger partial charge in [0, 0.05) is 22.4 Å². The van der Waals surface area contributed by atoms with E-state index in [9.17, 15) is 4.79 Å². The highest BCUT2D eigenvalue weighted by atomic mass is 79.9. The van der Waals surface area contributed by atoms with E-state index in [4.69, 9.17) is 5.73 Å². The monoisotopic (exact) mass is 348 g/mol. The molecule has 0 saturated carbocycles. The van der Waals surface area contributed by atoms with Gasteiger partial charge in [-0.25, -0.2) is 9.78 Å². The Hall–Kier alpha value is -1.92. The van der Waals surface area contributed by atoms with Gasteiger partial charge in [-0.05, 0) is 59.1 Å². The number of halogens is 1. The Morgan fingerprint density at radius 1 is 1.29 bits per heavy atom. The molecule has 1 heterocycles. The van der Waals surface area contributed by atoms with Crippen molar-refractivity contribution in [2.75, 3.05) is 10.6 Å². The van der Waals surface area contributed by atoms with Crippen LogP contribution < -0.4 is 16.4 Å². The van der Waals surface area contributed by atoms with Crippen molar-refractivity contribution in [1.29, 1.82) is 0 Å². The highest BCUT2D eigenvalue weighted by Gasteiger charge is 2.06. The Morgan fingerprint density at radius 3 is 2.52 bits per heavy atom. The van der Waals surface area contributed by atoms with E-state index >= 15 is 0 Å². The van der Waals surface area contributed by atoms with Gasteiger partial charge in [-0.2, -0.15) is 0 Å². The highest BCUT2D eigenvalue weighted by Crippen LogP contribution is 2.18. The van der Waals surface area contributed by atoms with Gasteiger partial charge in [-0.15, -0.1) is 0 Å². The summed E-state index contributed by atoms with van der Waals surface area (Å²) in [7, 11) is 0. The van der Waals surface area contributed by atoms with E-state index in [1.807, 2.05) is 38.1 Å². The third-order valence-electron chi connectivity index (χ3n) is 2.98. The largest absolute Gasteiger partial charge is 0.324 e. The minimum absolute atomic E-state index is 0.0252. The molecule has 0 fully saturated rings. The lowest BCUT2D eigenvalue weighted by molar-refractivity contribution is 0.262. The van der Waals surface area contributed by atoms with Crippen molar-refractivity contribution < 1.29 is 4.79 Å². The molecular formula is C15H17BrN4O. The Bertz CT molecular complexity index is 641. The number of nitrogens with two attached hydrogens (primary N) is 1. The first kappa shape index (κ1) is 15.5. The molecule has 1 aromatic heterocycles. The Morgan fingerprint density at radius 2 is 1.95 bits per heavy atom. The first-order valence-electron chi connectivity index (χ1n) is 6.51. The van der Waals surface area contributed by atoms with Crippen molar-refractivity contribution in [1.82, 2.24) is 4.98 Å². The summed E-state index contributed by atoms with van der Waals surface area (Å²) in [5, 5.41) is 5.44. The van der Waals surface area contributed by atoms with Crippen molar-refractivity contribution in [2.24, 2.45) is 5.73 Å². The van der Waals surface area contributed by atoms with Gasteiger partial charge in [-0.1, -0.05) is 12.1 Å². The lowest BCUT2D eigenvalue weighted by Gasteiger charge is -2.10. The van der Waals surface area contributed by atoms with Crippen molar-refractivity contribution >= 4 is 33.5 Å². The lowest BCUT2D eigenvalue weighted by Crippen LogP contribution is -2.20. The van der Waals surface area contributed by atoms with Gasteiger partial charge in [0.15, 0.2) is 0 Å². The molecule has 1 unspecified atom stereocenters. The molecule has 5 nitrogen and oxygen atoms in total. The number of carbonyl (C=O) groups is 1. The van der Waals surface area contributed by atoms with Crippen molar-refractivity contribution in [3.63, 3.8) is 0 Å². The molecule has 1 atom stereocenters. The molecule has 6 heteroatoms. The lowest BCUT2D eigenvalue weighted by atomic mass is 10.1. The number of hydrogen-bond acceptors (Lipinski definition) is 3. The third-order valence-corrected chi connectivity index (χ3v) is 3.81. The number of anilines is 2. The molecule has 2 rings (SSSR count). The zero-order valence-corrected chi connectivity index (χ0v) is 13.4. The maximum atomic E-state index is 11.9. The van der Waals surface area contributed by atoms with E-state index in [1.54, 1.807) is 12.3 Å². The Balaban J connectivity index is 1.99. The van der Waals surface area contributed by atoms with Gasteiger partial charge in [0.05, 0.1) is 0 Å². The van der Waals surface area contributed by atoms with Gasteiger partial charge in [0.25, 0.3) is 0 Å². The van der Waals surface area contributed by atoms with E-state index in [2.05, 4.69) is 31.5 Å². The van der Waals surface area contributed by atoms with E-state index in [0.29, 0.717) is 11.5 Å². The zero-order chi connectivity index (χ0) is 15.4. The van der Waals surface area contributed by atoms with E-state index in [-0.39, 0.29) is 12.1 Å². The summed E-state index contributed by atoms with van der Waals surface area (Å²) in [6.07, 6.45) is 1.66. The number of amides is 2. The molecule has 2 aromatic rings. The van der Waals surface area contributed by atoms with E-state index in [0.717, 1.165) is 15.6 Å². The van der Waals surface area contributed by atoms with Crippen LogP contribution in [-0.2, 0) is 0 Å². The number of rotatable bonds is 3. The van der Waals surface area contributed by atoms with Crippen LogP contribution in [0.15, 0.2) is 41.0 Å². The molecule has 1 aromatic carbocycles. The summed E-state index contributed by atoms with van der Waals surface area (Å²) in [6, 6.07) is 8.85. The van der Waals surface area contributed by atoms with Crippen molar-refractivity contribution in [3.05, 3.63) is 52.1 Å². The second-order valence-electron chi connectivity index (χ2n) is 4.81. The third kappa shape index (κ3) is 4.27. The molecule has 2 amide bonds. The summed E-state index contributed by atoms with van der Waals surface area (Å²) in [5.74, 6) is 0.500. The van der Waals surface area contributed by atoms with Crippen LogP contribution in [0.25, 0.3) is 0 Å². The number of aromatic nitrogens is 1. The molecule has 0 aliphatic heterocycles. The number of benzene rings is 1. The first-order chi connectivity index (χ1) is 9.95. The number of urea groups is 1. The molecule has 0 aliphatic rings. The second kappa shape index (κ2) is 6.69. The number of aryl methyl sites for hydroxylation is 1. The minimum atomic E-state index is -0.335. The first-order valence-corrected chi connectivity index (χ1v) is 7.30. The van der Waals surface area contributed by atoms with Gasteiger partial charge < -0.3 is 11.1 Å². The van der Waals surface area contributed by atoms with Gasteiger partial charge in [0.1, 0.15) is 5.82 Å². The number of nitrogens with zero attached hydrogens (tertiary/aromatic N) is 1. The maximum Gasteiger partial charge on any atom is 0.324 e. The van der Waals surface area contributed by atoms with Crippen LogP contribution in [0.1, 0.15) is 24.1 Å². The van der Waals surface area contributed by atoms with Crippen LogP contribution in [0.4, 0.5) is 16.3 Å². The topological polar surface area (TPSA) is 80.0 Å². The average Bonchev–Trinajstić information content (AvgIpc) is 2.43. The van der Waals surface area contributed by atoms with Crippen LogP contribution in [0.2, 0.25) is 0 Å². The summed E-state index contributed by atoms with van der Waals surface area (Å²) < 4.78 is 0.903. The van der Waals surface area contributed by atoms with E-state index in [1.165, 1.54) is 0 Å². The van der Waals surface area contributed by atoms with Gasteiger partial charge in [0.2, 0.25) is 0 Å². The zero-order valence-electron chi connectivity index (χ0n) is 11.9. The molecule has 0 spiro atoms. The van der Waals surface area contributed by atoms with Crippen LogP contribution in [0.3, 0.4) is 0 Å². The molecule has 110 valence electrons. The fraction of sp³-hybridized carbons (Fsp3) is 0.200. The standard InChI is InChI=1S/C15H17BrN4O/c1-9-7-14(18-8-13(9)16)20-15(21)19-12-5-3-11(4-6-12)10(2)17/h3-8,10H,17H2,1-2H3,(H2,18,19,20,21). The number of carbonyl (C=O) groups excluding carboxylic acids is 1. The second-order valence-corrected chi connectivity index (χ2v) is 5.66. The quantitative estimate of drug-likeness (QED) is 0.788. The summed E-state index contributed by atoms with van der Waals surface area (Å²) in [5.41, 5.74) is 8.50. The Kier molecular flexibility index (Phi) is 4.93. The molecule has 0 aliphatic carbocycles. The maximum absolute atomic E-state index is 11.9. The van der Waals surface area contributed by atoms with Crippen LogP contribution >= 0.6 is 15.9 Å². The molecule has 4 N–H and O–H groups in total. The fourth-order valence-electron chi connectivity index (χ4n) is 1.76. The smallest absolute Gasteiger partial charge is 0.324 e. The van der Waals surface area contributed by atoms with Crippen molar-refractivity contribution in [2.45, 2.75) is 19.9 Å². The molecule has 21 heavy (non-hydrogen) atoms. The summed E-state index contributed by atoms with van der Waals surface area (Å²) >= 11 is 3.37. The molecule has 0 bridgehead atoms. The van der Waals surface area contributed by atoms with Crippen LogP contribution in [0.5, 0.6) is 0 Å². The van der Waals surface area contributed by atoms with Gasteiger partial charge >= 0.3 is 6.03 Å². The van der Waals surface area contributed by atoms with E-state index < -0.39 is 0 Å². The van der Waals surface area contributed by atoms with Crippen LogP contribution in [0, 0.1) is 6.92 Å². The summed E-state index contributed by atoms with van der Waals surface area (Å²) in [4.78, 5) is 16.0. The van der Waals surface area contributed by atoms with Crippen LogP contribution in [-0.4, -0.2) is 11.0 Å². The average molecular weight is 349 g/mol. The SMILES string of the molecule is Cc1cc(NC(=O)Nc2ccc(C(C)N)cc2)ncc1Br. The number of pyridine rings is 1. The molecule has 0 saturated heterocycles. The minimum Gasteiger partial charge on any atom is -0.324 e. The highest BCUT2D eigenvalue weighted by molar-refractivity contribution is 9.10. The predicted octanol–water partition coefficient (Wildman–Crippen LogP) is 3.82. The Labute approximate surface area is 132 Å². The number of hydrogen-bond donors (Lipinski definition) is 3. The molecular weight excluding hydrogens is 332 g/mol.